The van der Waals surface area contributed by atoms with Crippen molar-refractivity contribution in [2.45, 2.75) is 106 Å². The van der Waals surface area contributed by atoms with E-state index in [0.29, 0.717) is 58.7 Å². The molecule has 3 atom stereocenters. The fraction of sp³-hybridized carbons (Fsp3) is 0.407. The monoisotopic (exact) mass is 956 g/mol. The van der Waals surface area contributed by atoms with Crippen molar-refractivity contribution in [3.8, 4) is 34.6 Å². The fourth-order valence-corrected chi connectivity index (χ4v) is 9.96. The maximum Gasteiger partial charge on any atom is 0.251 e. The summed E-state index contributed by atoms with van der Waals surface area (Å²) >= 11 is 6.25. The van der Waals surface area contributed by atoms with E-state index in [-0.39, 0.29) is 49.0 Å². The summed E-state index contributed by atoms with van der Waals surface area (Å²) in [4.78, 5) is 60.2. The molecule has 0 unspecified atom stereocenters. The minimum atomic E-state index is -0.890. The summed E-state index contributed by atoms with van der Waals surface area (Å²) in [6, 6.07) is 27.2. The molecule has 5 aromatic rings. The summed E-state index contributed by atoms with van der Waals surface area (Å²) in [5, 5.41) is 18.7. The number of amides is 4. The number of nitriles is 1. The molecule has 2 aliphatic rings. The molecule has 1 aliphatic carbocycles. The Morgan fingerprint density at radius 1 is 0.913 bits per heavy atom. The Morgan fingerprint density at radius 2 is 1.54 bits per heavy atom. The lowest BCUT2D eigenvalue weighted by atomic mass is 9.49. The number of carbonyl (C=O) groups excluding carboxylic acids is 4. The van der Waals surface area contributed by atoms with Crippen LogP contribution in [0.15, 0.2) is 102 Å². The van der Waals surface area contributed by atoms with Gasteiger partial charge >= 0.3 is 0 Å². The van der Waals surface area contributed by atoms with Crippen molar-refractivity contribution in [3.05, 3.63) is 130 Å². The summed E-state index contributed by atoms with van der Waals surface area (Å²) in [5.74, 6) is 1.28. The molecule has 1 aromatic heterocycles. The molecule has 69 heavy (non-hydrogen) atoms. The molecule has 362 valence electrons. The van der Waals surface area contributed by atoms with Crippen LogP contribution in [0.2, 0.25) is 5.02 Å². The van der Waals surface area contributed by atoms with Crippen molar-refractivity contribution in [2.24, 2.45) is 22.2 Å². The fourth-order valence-electron chi connectivity index (χ4n) is 9.75. The van der Waals surface area contributed by atoms with Crippen LogP contribution in [-0.2, 0) is 32.3 Å². The molecule has 1 aliphatic heterocycles. The number of rotatable bonds is 16. The normalized spacial score (nSPS) is 19.6. The zero-order chi connectivity index (χ0) is 49.8. The van der Waals surface area contributed by atoms with Gasteiger partial charge in [0.2, 0.25) is 17.7 Å². The van der Waals surface area contributed by atoms with Crippen molar-refractivity contribution < 1.29 is 37.8 Å². The van der Waals surface area contributed by atoms with E-state index in [0.717, 1.165) is 22.4 Å². The third kappa shape index (κ3) is 11.4. The van der Waals surface area contributed by atoms with E-state index in [4.69, 9.17) is 30.2 Å². The van der Waals surface area contributed by atoms with Crippen LogP contribution in [0.3, 0.4) is 0 Å². The largest absolute Gasteiger partial charge is 0.489 e. The van der Waals surface area contributed by atoms with E-state index in [2.05, 4.69) is 54.7 Å². The number of hydrogen-bond acceptors (Lipinski definition) is 10. The topological polar surface area (TPSA) is 185 Å². The molecular weight excluding hydrogens is 896 g/mol. The number of carbonyl (C=O) groups is 4. The van der Waals surface area contributed by atoms with Crippen LogP contribution in [0.25, 0.3) is 11.3 Å². The number of hydrogen-bond donors (Lipinski definition) is 3. The first-order valence-corrected chi connectivity index (χ1v) is 23.5. The van der Waals surface area contributed by atoms with Gasteiger partial charge in [-0.05, 0) is 84.3 Å². The third-order valence-corrected chi connectivity index (χ3v) is 13.5. The Kier molecular flexibility index (Phi) is 14.9. The lowest BCUT2D eigenvalue weighted by Gasteiger charge is -2.63. The zero-order valence-electron chi connectivity index (χ0n) is 40.6. The van der Waals surface area contributed by atoms with Crippen LogP contribution in [0.5, 0.6) is 17.2 Å². The molecule has 14 nitrogen and oxygen atoms in total. The van der Waals surface area contributed by atoms with Crippen LogP contribution >= 0.6 is 11.6 Å². The van der Waals surface area contributed by atoms with Gasteiger partial charge in [-0.3, -0.25) is 19.2 Å². The number of nitrogens with one attached hydrogen (secondary N) is 3. The Morgan fingerprint density at radius 3 is 2.13 bits per heavy atom. The molecule has 7 rings (SSSR count). The van der Waals surface area contributed by atoms with Gasteiger partial charge < -0.3 is 39.5 Å². The zero-order valence-corrected chi connectivity index (χ0v) is 41.4. The molecule has 1 saturated heterocycles. The van der Waals surface area contributed by atoms with Crippen LogP contribution < -0.4 is 25.4 Å². The van der Waals surface area contributed by atoms with E-state index in [1.165, 1.54) is 6.39 Å². The van der Waals surface area contributed by atoms with Crippen molar-refractivity contribution in [1.82, 2.24) is 25.8 Å². The van der Waals surface area contributed by atoms with Gasteiger partial charge in [0.15, 0.2) is 12.2 Å². The van der Waals surface area contributed by atoms with E-state index in [1.54, 1.807) is 59.5 Å². The standard InChI is InChI=1S/C54H61ClN6O8/c1-32-24-43(48(64)57-27-34-10-14-36(15-11-34)45-33(2)58-31-67-45)61(28-32)49(65)46(52(3,4)5)59-44(62)30-66-29-35-12-19-39(20-13-35)68-40-21-16-37(17-22-40)47(63)60-50-53(6,7)51(54(50,8)9)69-41-23-18-38(26-56)42(55)25-41/h10-23,25,31-32,43,46,50-51H,24,27-30H2,1-9H3,(H,57,64)(H,59,62)(H,60,63)/t32-,43+,46-,50?,51?/m1/s1. The molecular formula is C54H61ClN6O8. The molecule has 0 radical (unpaired) electrons. The highest BCUT2D eigenvalue weighted by Crippen LogP contribution is 2.55. The average Bonchev–Trinajstić information content (AvgIpc) is 3.93. The van der Waals surface area contributed by atoms with Crippen LogP contribution in [-0.4, -0.2) is 70.9 Å². The number of ether oxygens (including phenoxy) is 3. The van der Waals surface area contributed by atoms with Gasteiger partial charge in [-0.15, -0.1) is 0 Å². The Hall–Kier alpha value is -6.69. The van der Waals surface area contributed by atoms with E-state index >= 15 is 0 Å². The van der Waals surface area contributed by atoms with Crippen molar-refractivity contribution in [3.63, 3.8) is 0 Å². The van der Waals surface area contributed by atoms with Gasteiger partial charge in [0.05, 0.1) is 22.9 Å². The Labute approximate surface area is 409 Å². The summed E-state index contributed by atoms with van der Waals surface area (Å²) in [6.45, 7) is 18.3. The van der Waals surface area contributed by atoms with Crippen molar-refractivity contribution in [2.75, 3.05) is 13.2 Å². The molecule has 2 fully saturated rings. The van der Waals surface area contributed by atoms with Crippen molar-refractivity contribution in [1.29, 1.82) is 5.26 Å². The van der Waals surface area contributed by atoms with Gasteiger partial charge in [-0.2, -0.15) is 5.26 Å². The highest BCUT2D eigenvalue weighted by molar-refractivity contribution is 6.31. The second-order valence-corrected chi connectivity index (χ2v) is 20.9. The first kappa shape index (κ1) is 50.2. The maximum atomic E-state index is 14.2. The highest BCUT2D eigenvalue weighted by atomic mass is 35.5. The highest BCUT2D eigenvalue weighted by Gasteiger charge is 2.64. The Bertz CT molecular complexity index is 2690. The number of aryl methyl sites for hydroxylation is 1. The van der Waals surface area contributed by atoms with Gasteiger partial charge in [0.1, 0.15) is 48.1 Å². The number of likely N-dealkylation sites (tertiary alicyclic amines) is 1. The molecule has 0 spiro atoms. The Balaban J connectivity index is 0.859. The second kappa shape index (κ2) is 20.5. The summed E-state index contributed by atoms with van der Waals surface area (Å²) < 4.78 is 23.7. The molecule has 4 amide bonds. The molecule has 4 aromatic carbocycles. The van der Waals surface area contributed by atoms with E-state index in [1.807, 2.05) is 71.0 Å². The SMILES string of the molecule is Cc1ncoc1-c1ccc(CNC(=O)[C@@H]2C[C@@H](C)CN2C(=O)[C@@H](NC(=O)COCc2ccc(Oc3ccc(C(=O)NC4C(C)(C)C(Oc5ccc(C#N)c(Cl)c5)C4(C)C)cc3)cc2)C(C)(C)C)cc1. The summed E-state index contributed by atoms with van der Waals surface area (Å²) in [5.41, 5.74) is 2.80. The quantitative estimate of drug-likeness (QED) is 0.0862. The number of aromatic nitrogens is 1. The number of benzene rings is 4. The number of nitrogens with zero attached hydrogens (tertiary/aromatic N) is 3. The van der Waals surface area contributed by atoms with Gasteiger partial charge in [-0.1, -0.05) is 103 Å². The second-order valence-electron chi connectivity index (χ2n) is 20.5. The third-order valence-electron chi connectivity index (χ3n) is 13.1. The van der Waals surface area contributed by atoms with E-state index in [9.17, 15) is 24.4 Å². The first-order valence-electron chi connectivity index (χ1n) is 23.1. The summed E-state index contributed by atoms with van der Waals surface area (Å²) in [7, 11) is 0. The minimum Gasteiger partial charge on any atom is -0.489 e. The maximum absolute atomic E-state index is 14.2. The number of halogens is 1. The van der Waals surface area contributed by atoms with Crippen LogP contribution in [0.4, 0.5) is 0 Å². The molecule has 0 bridgehead atoms. The lowest BCUT2D eigenvalue weighted by molar-refractivity contribution is -0.164. The average molecular weight is 958 g/mol. The van der Waals surface area contributed by atoms with E-state index < -0.39 is 34.2 Å². The van der Waals surface area contributed by atoms with Gasteiger partial charge in [0, 0.05) is 47.2 Å². The van der Waals surface area contributed by atoms with Gasteiger partial charge in [0.25, 0.3) is 5.91 Å². The minimum absolute atomic E-state index is 0.101. The van der Waals surface area contributed by atoms with Crippen LogP contribution in [0.1, 0.15) is 94.6 Å². The summed E-state index contributed by atoms with van der Waals surface area (Å²) in [6.07, 6.45) is 1.70. The molecule has 15 heteroatoms. The lowest BCUT2D eigenvalue weighted by Crippen LogP contribution is -2.74. The molecule has 3 N–H and O–H groups in total. The predicted octanol–water partition coefficient (Wildman–Crippen LogP) is 9.18. The number of oxazole rings is 1. The first-order chi connectivity index (χ1) is 32.6. The van der Waals surface area contributed by atoms with Crippen LogP contribution in [0, 0.1) is 40.4 Å². The molecule has 1 saturated carbocycles. The predicted molar refractivity (Wildman–Crippen MR) is 261 cm³/mol. The molecule has 2 heterocycles. The van der Waals surface area contributed by atoms with Crippen molar-refractivity contribution >= 4 is 35.2 Å². The smallest absolute Gasteiger partial charge is 0.251 e. The van der Waals surface area contributed by atoms with Gasteiger partial charge in [-0.25, -0.2) is 4.98 Å².